The third-order valence-corrected chi connectivity index (χ3v) is 7.85. The van der Waals surface area contributed by atoms with E-state index in [0.29, 0.717) is 35.2 Å². The second-order valence-electron chi connectivity index (χ2n) is 5.81. The van der Waals surface area contributed by atoms with E-state index < -0.39 is 10.0 Å². The van der Waals surface area contributed by atoms with Crippen LogP contribution in [0.2, 0.25) is 0 Å². The van der Waals surface area contributed by atoms with Crippen molar-refractivity contribution in [2.45, 2.75) is 29.7 Å². The van der Waals surface area contributed by atoms with Crippen LogP contribution < -0.4 is 0 Å². The van der Waals surface area contributed by atoms with Crippen LogP contribution in [0, 0.1) is 0 Å². The van der Waals surface area contributed by atoms with Crippen LogP contribution >= 0.6 is 23.1 Å². The van der Waals surface area contributed by atoms with Crippen molar-refractivity contribution in [2.75, 3.05) is 13.1 Å². The van der Waals surface area contributed by atoms with Crippen molar-refractivity contribution in [3.63, 3.8) is 0 Å². The van der Waals surface area contributed by atoms with E-state index in [2.05, 4.69) is 9.97 Å². The lowest BCUT2D eigenvalue weighted by molar-refractivity contribution is 0.445. The number of rotatable bonds is 7. The third kappa shape index (κ3) is 3.49. The summed E-state index contributed by atoms with van der Waals surface area (Å²) in [5.74, 6) is 0.631. The van der Waals surface area contributed by atoms with Crippen LogP contribution in [0.5, 0.6) is 0 Å². The Hall–Kier alpha value is -1.88. The number of nitrogens with zero attached hydrogens (tertiary/aromatic N) is 4. The Kier molecular flexibility index (Phi) is 4.97. The van der Waals surface area contributed by atoms with Gasteiger partial charge in [-0.1, -0.05) is 25.6 Å². The lowest BCUT2D eigenvalue weighted by atomic mass is 10.3. The average Bonchev–Trinajstić information content (AvgIpc) is 3.33. The van der Waals surface area contributed by atoms with Crippen molar-refractivity contribution < 1.29 is 12.8 Å². The number of benzene rings is 1. The van der Waals surface area contributed by atoms with E-state index in [0.717, 1.165) is 10.7 Å². The summed E-state index contributed by atoms with van der Waals surface area (Å²) in [5, 5.41) is 2.49. The number of sulfonamides is 1. The van der Waals surface area contributed by atoms with Gasteiger partial charge >= 0.3 is 0 Å². The second-order valence-corrected chi connectivity index (χ2v) is 9.55. The average molecular weight is 423 g/mol. The molecule has 4 rings (SSSR count). The topological polar surface area (TPSA) is 80.7 Å². The van der Waals surface area contributed by atoms with Crippen LogP contribution in [-0.2, 0) is 15.8 Å². The van der Waals surface area contributed by atoms with E-state index in [-0.39, 0.29) is 4.90 Å². The fourth-order valence-corrected chi connectivity index (χ4v) is 5.72. The Bertz CT molecular complexity index is 1160. The van der Waals surface area contributed by atoms with Gasteiger partial charge in [-0.25, -0.2) is 18.4 Å². The zero-order valence-corrected chi connectivity index (χ0v) is 17.3. The number of imidazole rings is 1. The monoisotopic (exact) mass is 422 g/mol. The molecule has 0 aliphatic rings. The second kappa shape index (κ2) is 7.27. The summed E-state index contributed by atoms with van der Waals surface area (Å²) in [5.41, 5.74) is 2.05. The number of oxazole rings is 1. The SMILES string of the molecule is CCN(CC)S(=O)(=O)c1ccc2oc(SCc3cn4ccsc4n3)nc2c1. The number of fused-ring (bicyclic) bond motifs is 2. The van der Waals surface area contributed by atoms with Gasteiger partial charge in [0.2, 0.25) is 10.0 Å². The van der Waals surface area contributed by atoms with Crippen LogP contribution in [0.25, 0.3) is 16.1 Å². The minimum atomic E-state index is -3.51. The van der Waals surface area contributed by atoms with E-state index in [4.69, 9.17) is 4.42 Å². The van der Waals surface area contributed by atoms with Crippen molar-refractivity contribution >= 4 is 49.2 Å². The summed E-state index contributed by atoms with van der Waals surface area (Å²) in [6.07, 6.45) is 3.95. The first kappa shape index (κ1) is 18.5. The highest BCUT2D eigenvalue weighted by Gasteiger charge is 2.22. The predicted octanol–water partition coefficient (Wildman–Crippen LogP) is 3.86. The molecule has 0 radical (unpaired) electrons. The van der Waals surface area contributed by atoms with Crippen LogP contribution in [0.1, 0.15) is 19.5 Å². The van der Waals surface area contributed by atoms with Gasteiger partial charge in [-0.2, -0.15) is 4.31 Å². The Morgan fingerprint density at radius 3 is 2.81 bits per heavy atom. The molecule has 0 atom stereocenters. The van der Waals surface area contributed by atoms with Gasteiger partial charge in [-0.15, -0.1) is 11.3 Å². The summed E-state index contributed by atoms with van der Waals surface area (Å²) < 4.78 is 34.5. The quantitative estimate of drug-likeness (QED) is 0.421. The smallest absolute Gasteiger partial charge is 0.257 e. The standard InChI is InChI=1S/C17H18N4O3S3/c1-3-21(4-2)27(22,23)13-5-6-15-14(9-13)19-17(24-15)26-11-12-10-20-7-8-25-16(20)18-12/h5-10H,3-4,11H2,1-2H3. The maximum Gasteiger partial charge on any atom is 0.257 e. The molecule has 27 heavy (non-hydrogen) atoms. The molecular formula is C17H18N4O3S3. The first-order chi connectivity index (χ1) is 13.0. The van der Waals surface area contributed by atoms with Gasteiger partial charge in [-0.05, 0) is 18.2 Å². The first-order valence-corrected chi connectivity index (χ1v) is 11.8. The molecule has 0 bridgehead atoms. The number of thiazole rings is 1. The Balaban J connectivity index is 1.56. The van der Waals surface area contributed by atoms with Gasteiger partial charge in [-0.3, -0.25) is 4.40 Å². The molecule has 0 aliphatic heterocycles. The molecule has 0 fully saturated rings. The summed E-state index contributed by atoms with van der Waals surface area (Å²) in [6.45, 7) is 4.51. The maximum absolute atomic E-state index is 12.7. The van der Waals surface area contributed by atoms with E-state index in [1.807, 2.05) is 36.0 Å². The van der Waals surface area contributed by atoms with E-state index >= 15 is 0 Å². The maximum atomic E-state index is 12.7. The molecule has 0 aliphatic carbocycles. The van der Waals surface area contributed by atoms with Crippen LogP contribution in [0.3, 0.4) is 0 Å². The molecule has 1 aromatic carbocycles. The van der Waals surface area contributed by atoms with Crippen molar-refractivity contribution in [2.24, 2.45) is 0 Å². The summed E-state index contributed by atoms with van der Waals surface area (Å²) >= 11 is 3.02. The third-order valence-electron chi connectivity index (χ3n) is 4.17. The Morgan fingerprint density at radius 2 is 2.07 bits per heavy atom. The lowest BCUT2D eigenvalue weighted by Gasteiger charge is -2.18. The van der Waals surface area contributed by atoms with Crippen LogP contribution in [0.4, 0.5) is 0 Å². The number of hydrogen-bond acceptors (Lipinski definition) is 7. The predicted molar refractivity (Wildman–Crippen MR) is 107 cm³/mol. The van der Waals surface area contributed by atoms with Gasteiger partial charge < -0.3 is 4.42 Å². The summed E-state index contributed by atoms with van der Waals surface area (Å²) in [4.78, 5) is 10.2. The minimum absolute atomic E-state index is 0.234. The molecule has 3 heterocycles. The molecule has 10 heteroatoms. The fourth-order valence-electron chi connectivity index (χ4n) is 2.80. The van der Waals surface area contributed by atoms with Crippen LogP contribution in [-0.4, -0.2) is 40.2 Å². The Morgan fingerprint density at radius 1 is 1.26 bits per heavy atom. The number of hydrogen-bond donors (Lipinski definition) is 0. The Labute approximate surface area is 165 Å². The zero-order valence-electron chi connectivity index (χ0n) is 14.8. The molecule has 4 aromatic rings. The van der Waals surface area contributed by atoms with E-state index in [1.54, 1.807) is 29.5 Å². The lowest BCUT2D eigenvalue weighted by Crippen LogP contribution is -2.30. The van der Waals surface area contributed by atoms with Crippen molar-refractivity contribution in [1.29, 1.82) is 0 Å². The van der Waals surface area contributed by atoms with Gasteiger partial charge in [0.1, 0.15) is 5.52 Å². The normalized spacial score (nSPS) is 12.6. The fraction of sp³-hybridized carbons (Fsp3) is 0.294. The molecule has 7 nitrogen and oxygen atoms in total. The van der Waals surface area contributed by atoms with Gasteiger partial charge in [0.15, 0.2) is 10.5 Å². The van der Waals surface area contributed by atoms with E-state index in [1.165, 1.54) is 16.1 Å². The summed E-state index contributed by atoms with van der Waals surface area (Å²) in [7, 11) is -3.51. The molecule has 3 aromatic heterocycles. The molecule has 0 unspecified atom stereocenters. The molecular weight excluding hydrogens is 404 g/mol. The van der Waals surface area contributed by atoms with Crippen molar-refractivity contribution in [1.82, 2.24) is 18.7 Å². The summed E-state index contributed by atoms with van der Waals surface area (Å²) in [6, 6.07) is 4.80. The molecule has 0 amide bonds. The van der Waals surface area contributed by atoms with Crippen molar-refractivity contribution in [3.05, 3.63) is 41.7 Å². The number of aromatic nitrogens is 3. The largest absolute Gasteiger partial charge is 0.431 e. The first-order valence-electron chi connectivity index (χ1n) is 8.46. The van der Waals surface area contributed by atoms with Gasteiger partial charge in [0, 0.05) is 36.6 Å². The molecule has 0 N–H and O–H groups in total. The van der Waals surface area contributed by atoms with E-state index in [9.17, 15) is 8.42 Å². The van der Waals surface area contributed by atoms with Crippen molar-refractivity contribution in [3.8, 4) is 0 Å². The highest BCUT2D eigenvalue weighted by molar-refractivity contribution is 7.98. The van der Waals surface area contributed by atoms with Gasteiger partial charge in [0.05, 0.1) is 10.6 Å². The molecule has 0 saturated heterocycles. The van der Waals surface area contributed by atoms with Gasteiger partial charge in [0.25, 0.3) is 5.22 Å². The molecule has 142 valence electrons. The highest BCUT2D eigenvalue weighted by atomic mass is 32.2. The number of thioether (sulfide) groups is 1. The van der Waals surface area contributed by atoms with Crippen LogP contribution in [0.15, 0.2) is 50.5 Å². The highest BCUT2D eigenvalue weighted by Crippen LogP contribution is 2.28. The minimum Gasteiger partial charge on any atom is -0.431 e. The molecule has 0 saturated carbocycles. The molecule has 0 spiro atoms. The zero-order chi connectivity index (χ0) is 19.0.